The number of carbonyl (C=O) groups excluding carboxylic acids is 3. The maximum Gasteiger partial charge on any atom is 0.246 e. The fourth-order valence-electron chi connectivity index (χ4n) is 4.55. The van der Waals surface area contributed by atoms with Crippen LogP contribution < -0.4 is 5.32 Å². The normalized spacial score (nSPS) is 27.5. The Morgan fingerprint density at radius 1 is 1.18 bits per heavy atom. The van der Waals surface area contributed by atoms with Gasteiger partial charge in [0.05, 0.1) is 17.5 Å². The van der Waals surface area contributed by atoms with E-state index in [1.54, 1.807) is 11.4 Å². The molecule has 1 aromatic carbocycles. The molecule has 0 spiro atoms. The Morgan fingerprint density at radius 2 is 1.86 bits per heavy atom. The molecule has 2 fully saturated rings. The number of benzene rings is 1. The second-order valence-electron chi connectivity index (χ2n) is 7.33. The molecular formula is C20H16ClN3O3S. The minimum absolute atomic E-state index is 0.136. The molecule has 28 heavy (non-hydrogen) atoms. The van der Waals surface area contributed by atoms with Crippen LogP contribution in [0.1, 0.15) is 6.42 Å². The van der Waals surface area contributed by atoms with Gasteiger partial charge in [0.1, 0.15) is 6.54 Å². The molecule has 1 N–H and O–H groups in total. The van der Waals surface area contributed by atoms with Gasteiger partial charge in [-0.2, -0.15) is 0 Å². The summed E-state index contributed by atoms with van der Waals surface area (Å²) in [5.74, 6) is -1.19. The second-order valence-corrected chi connectivity index (χ2v) is 8.59. The highest BCUT2D eigenvalue weighted by atomic mass is 35.5. The topological polar surface area (TPSA) is 79.4 Å². The molecule has 6 nitrogen and oxygen atoms in total. The van der Waals surface area contributed by atoms with Gasteiger partial charge in [-0.05, 0) is 24.3 Å². The molecule has 2 bridgehead atoms. The van der Waals surface area contributed by atoms with E-state index in [4.69, 9.17) is 11.6 Å². The average molecular weight is 414 g/mol. The van der Waals surface area contributed by atoms with Crippen molar-refractivity contribution in [2.24, 2.45) is 23.7 Å². The summed E-state index contributed by atoms with van der Waals surface area (Å²) < 4.78 is 0. The Labute approximate surface area is 170 Å². The van der Waals surface area contributed by atoms with Crippen LogP contribution >= 0.6 is 22.9 Å². The quantitative estimate of drug-likeness (QED) is 0.616. The molecule has 1 aliphatic heterocycles. The summed E-state index contributed by atoms with van der Waals surface area (Å²) in [4.78, 5) is 43.3. The van der Waals surface area contributed by atoms with Crippen molar-refractivity contribution in [2.45, 2.75) is 6.42 Å². The van der Waals surface area contributed by atoms with Gasteiger partial charge in [0, 0.05) is 16.0 Å². The first kappa shape index (κ1) is 17.6. The summed E-state index contributed by atoms with van der Waals surface area (Å²) in [6.45, 7) is -0.273. The fourth-order valence-corrected chi connectivity index (χ4v) is 5.51. The number of nitrogens with one attached hydrogen (secondary N) is 1. The third kappa shape index (κ3) is 2.69. The van der Waals surface area contributed by atoms with Crippen LogP contribution in [0.2, 0.25) is 5.02 Å². The summed E-state index contributed by atoms with van der Waals surface area (Å²) in [5, 5.41) is 5.47. The molecule has 142 valence electrons. The lowest BCUT2D eigenvalue weighted by Crippen LogP contribution is -2.39. The number of imide groups is 1. The van der Waals surface area contributed by atoms with Crippen molar-refractivity contribution in [2.75, 3.05) is 11.9 Å². The number of anilines is 1. The zero-order chi connectivity index (χ0) is 19.4. The van der Waals surface area contributed by atoms with E-state index in [1.165, 1.54) is 11.3 Å². The largest absolute Gasteiger partial charge is 0.300 e. The smallest absolute Gasteiger partial charge is 0.246 e. The maximum atomic E-state index is 12.7. The van der Waals surface area contributed by atoms with Gasteiger partial charge in [-0.1, -0.05) is 42.0 Å². The van der Waals surface area contributed by atoms with Gasteiger partial charge in [0.2, 0.25) is 17.7 Å². The Kier molecular flexibility index (Phi) is 4.10. The monoisotopic (exact) mass is 413 g/mol. The zero-order valence-corrected chi connectivity index (χ0v) is 16.2. The molecule has 8 heteroatoms. The molecule has 1 saturated carbocycles. The Bertz CT molecular complexity index is 1000. The van der Waals surface area contributed by atoms with Crippen molar-refractivity contribution in [1.29, 1.82) is 0 Å². The fraction of sp³-hybridized carbons (Fsp3) is 0.300. The predicted octanol–water partition coefficient (Wildman–Crippen LogP) is 3.21. The van der Waals surface area contributed by atoms with Gasteiger partial charge < -0.3 is 5.32 Å². The van der Waals surface area contributed by atoms with Crippen LogP contribution in [0.4, 0.5) is 5.13 Å². The van der Waals surface area contributed by atoms with Crippen LogP contribution in [0.5, 0.6) is 0 Å². The lowest BCUT2D eigenvalue weighted by atomic mass is 9.85. The Balaban J connectivity index is 1.27. The minimum atomic E-state index is -0.429. The van der Waals surface area contributed by atoms with Gasteiger partial charge >= 0.3 is 0 Å². The van der Waals surface area contributed by atoms with Crippen LogP contribution in [-0.4, -0.2) is 34.2 Å². The van der Waals surface area contributed by atoms with E-state index < -0.39 is 5.91 Å². The molecule has 0 unspecified atom stereocenters. The van der Waals surface area contributed by atoms with E-state index in [0.717, 1.165) is 16.9 Å². The van der Waals surface area contributed by atoms with Gasteiger partial charge in [0.15, 0.2) is 5.13 Å². The van der Waals surface area contributed by atoms with Crippen LogP contribution in [0.15, 0.2) is 41.8 Å². The number of halogens is 1. The first-order valence-corrected chi connectivity index (χ1v) is 10.3. The molecule has 0 radical (unpaired) electrons. The maximum absolute atomic E-state index is 12.7. The second kappa shape index (κ2) is 6.53. The number of thiazole rings is 1. The molecule has 1 saturated heterocycles. The predicted molar refractivity (Wildman–Crippen MR) is 106 cm³/mol. The Hall–Kier alpha value is -2.51. The number of hydrogen-bond donors (Lipinski definition) is 1. The van der Waals surface area contributed by atoms with Crippen molar-refractivity contribution in [3.8, 4) is 11.3 Å². The van der Waals surface area contributed by atoms with Crippen molar-refractivity contribution < 1.29 is 14.4 Å². The van der Waals surface area contributed by atoms with Crippen molar-refractivity contribution in [3.63, 3.8) is 0 Å². The van der Waals surface area contributed by atoms with E-state index in [9.17, 15) is 14.4 Å². The van der Waals surface area contributed by atoms with E-state index in [2.05, 4.69) is 10.3 Å². The third-order valence-corrected chi connectivity index (χ3v) is 6.85. The summed E-state index contributed by atoms with van der Waals surface area (Å²) in [6, 6.07) is 7.33. The zero-order valence-electron chi connectivity index (χ0n) is 14.7. The highest BCUT2D eigenvalue weighted by Crippen LogP contribution is 2.52. The summed E-state index contributed by atoms with van der Waals surface area (Å²) >= 11 is 7.45. The van der Waals surface area contributed by atoms with Gasteiger partial charge in [-0.25, -0.2) is 4.98 Å². The number of carbonyl (C=O) groups is 3. The van der Waals surface area contributed by atoms with Crippen LogP contribution in [0, 0.1) is 23.7 Å². The Morgan fingerprint density at radius 3 is 2.54 bits per heavy atom. The first-order valence-electron chi connectivity index (χ1n) is 9.07. The molecular weight excluding hydrogens is 398 g/mol. The number of nitrogens with zero attached hydrogens (tertiary/aromatic N) is 2. The highest BCUT2D eigenvalue weighted by Gasteiger charge is 2.59. The van der Waals surface area contributed by atoms with Crippen molar-refractivity contribution >= 4 is 45.8 Å². The molecule has 5 rings (SSSR count). The molecule has 1 aromatic heterocycles. The lowest BCUT2D eigenvalue weighted by molar-refractivity contribution is -0.143. The van der Waals surface area contributed by atoms with Gasteiger partial charge in [-0.3, -0.25) is 19.3 Å². The van der Waals surface area contributed by atoms with E-state index in [-0.39, 0.29) is 42.0 Å². The van der Waals surface area contributed by atoms with E-state index in [0.29, 0.717) is 15.8 Å². The van der Waals surface area contributed by atoms with E-state index in [1.807, 2.05) is 30.4 Å². The number of rotatable bonds is 4. The van der Waals surface area contributed by atoms with E-state index >= 15 is 0 Å². The standard InChI is InChI=1S/C20H16ClN3O3S/c21-13-4-2-1-3-12(13)14-9-28-20(22-14)23-15(25)8-24-18(26)16-10-5-6-11(7-10)17(16)19(24)27/h1-6,9-11,16-17H,7-8H2,(H,22,23,25)/t10-,11-,16-,17+/m0/s1. The van der Waals surface area contributed by atoms with Gasteiger partial charge in [-0.15, -0.1) is 11.3 Å². The van der Waals surface area contributed by atoms with Crippen LogP contribution in [0.3, 0.4) is 0 Å². The number of fused-ring (bicyclic) bond motifs is 5. The number of aromatic nitrogens is 1. The van der Waals surface area contributed by atoms with Crippen molar-refractivity contribution in [1.82, 2.24) is 9.88 Å². The minimum Gasteiger partial charge on any atom is -0.300 e. The molecule has 3 aliphatic rings. The molecule has 2 aromatic rings. The highest BCUT2D eigenvalue weighted by molar-refractivity contribution is 7.14. The summed E-state index contributed by atoms with van der Waals surface area (Å²) in [6.07, 6.45) is 4.94. The van der Waals surface area contributed by atoms with Crippen LogP contribution in [0.25, 0.3) is 11.3 Å². The molecule has 4 atom stereocenters. The molecule has 2 heterocycles. The SMILES string of the molecule is O=C(CN1C(=O)[C@@H]2[C@H](C1=O)[C@H]1C=C[C@H]2C1)Nc1nc(-c2ccccc2Cl)cs1. The number of hydrogen-bond acceptors (Lipinski definition) is 5. The average Bonchev–Trinajstić information content (AvgIpc) is 3.44. The van der Waals surface area contributed by atoms with Crippen molar-refractivity contribution in [3.05, 3.63) is 46.8 Å². The van der Waals surface area contributed by atoms with Gasteiger partial charge in [0.25, 0.3) is 0 Å². The van der Waals surface area contributed by atoms with Crippen LogP contribution in [-0.2, 0) is 14.4 Å². The number of allylic oxidation sites excluding steroid dienone is 2. The first-order chi connectivity index (χ1) is 13.5. The third-order valence-electron chi connectivity index (χ3n) is 5.76. The number of amides is 3. The summed E-state index contributed by atoms with van der Waals surface area (Å²) in [7, 11) is 0. The molecule has 2 aliphatic carbocycles. The number of likely N-dealkylation sites (tertiary alicyclic amines) is 1. The lowest BCUT2D eigenvalue weighted by Gasteiger charge is -2.16. The summed E-state index contributed by atoms with van der Waals surface area (Å²) in [5.41, 5.74) is 1.44. The molecule has 3 amide bonds.